The van der Waals surface area contributed by atoms with E-state index in [1.165, 1.54) is 4.90 Å². The van der Waals surface area contributed by atoms with Gasteiger partial charge >= 0.3 is 5.97 Å². The summed E-state index contributed by atoms with van der Waals surface area (Å²) in [5.41, 5.74) is 6.18. The lowest BCUT2D eigenvalue weighted by atomic mass is 10.1. The smallest absolute Gasteiger partial charge is 0.303 e. The SMILES string of the molecule is NC(=O)CCN(CCc1ccccc1)C(=O)CCC(=O)O. The second kappa shape index (κ2) is 8.73. The third kappa shape index (κ3) is 7.10. The van der Waals surface area contributed by atoms with E-state index in [2.05, 4.69) is 0 Å². The maximum absolute atomic E-state index is 12.0. The first-order chi connectivity index (χ1) is 9.99. The van der Waals surface area contributed by atoms with Crippen LogP contribution < -0.4 is 5.73 Å². The highest BCUT2D eigenvalue weighted by Crippen LogP contribution is 2.05. The molecule has 21 heavy (non-hydrogen) atoms. The van der Waals surface area contributed by atoms with Crippen LogP contribution in [0.2, 0.25) is 0 Å². The zero-order valence-electron chi connectivity index (χ0n) is 11.8. The number of rotatable bonds is 9. The number of nitrogens with two attached hydrogens (primary N) is 1. The standard InChI is InChI=1S/C15H20N2O4/c16-13(18)9-11-17(14(19)6-7-15(20)21)10-8-12-4-2-1-3-5-12/h1-5H,6-11H2,(H2,16,18)(H,20,21). The average molecular weight is 292 g/mol. The fraction of sp³-hybridized carbons (Fsp3) is 0.400. The second-order valence-corrected chi connectivity index (χ2v) is 4.73. The van der Waals surface area contributed by atoms with Gasteiger partial charge in [0, 0.05) is 25.9 Å². The third-order valence-electron chi connectivity index (χ3n) is 3.05. The first-order valence-corrected chi connectivity index (χ1v) is 6.81. The predicted octanol–water partition coefficient (Wildman–Crippen LogP) is 0.798. The first-order valence-electron chi connectivity index (χ1n) is 6.81. The largest absolute Gasteiger partial charge is 0.481 e. The maximum Gasteiger partial charge on any atom is 0.303 e. The summed E-state index contributed by atoms with van der Waals surface area (Å²) in [6.45, 7) is 0.663. The molecule has 0 bridgehead atoms. The van der Waals surface area contributed by atoms with Crippen LogP contribution in [0.4, 0.5) is 0 Å². The number of aliphatic carboxylic acids is 1. The summed E-state index contributed by atoms with van der Waals surface area (Å²) in [5, 5.41) is 8.63. The van der Waals surface area contributed by atoms with E-state index in [0.717, 1.165) is 5.56 Å². The Morgan fingerprint density at radius 1 is 1.00 bits per heavy atom. The zero-order chi connectivity index (χ0) is 15.7. The molecule has 0 unspecified atom stereocenters. The minimum atomic E-state index is -1.01. The van der Waals surface area contributed by atoms with E-state index in [0.29, 0.717) is 13.0 Å². The lowest BCUT2D eigenvalue weighted by Crippen LogP contribution is -2.35. The molecule has 1 aromatic rings. The number of carbonyl (C=O) groups excluding carboxylic acids is 2. The van der Waals surface area contributed by atoms with Crippen LogP contribution in [0.15, 0.2) is 30.3 Å². The van der Waals surface area contributed by atoms with E-state index in [1.807, 2.05) is 30.3 Å². The molecule has 0 aliphatic carbocycles. The molecular weight excluding hydrogens is 272 g/mol. The number of carbonyl (C=O) groups is 3. The maximum atomic E-state index is 12.0. The number of primary amides is 1. The monoisotopic (exact) mass is 292 g/mol. The average Bonchev–Trinajstić information content (AvgIpc) is 2.45. The van der Waals surface area contributed by atoms with Gasteiger partial charge in [-0.15, -0.1) is 0 Å². The molecule has 0 aliphatic rings. The van der Waals surface area contributed by atoms with Crippen molar-refractivity contribution >= 4 is 17.8 Å². The number of benzene rings is 1. The molecule has 0 aliphatic heterocycles. The fourth-order valence-corrected chi connectivity index (χ4v) is 1.89. The van der Waals surface area contributed by atoms with Crippen LogP contribution in [0.25, 0.3) is 0 Å². The quantitative estimate of drug-likeness (QED) is 0.703. The summed E-state index contributed by atoms with van der Waals surface area (Å²) >= 11 is 0. The van der Waals surface area contributed by atoms with Crippen molar-refractivity contribution in [3.8, 4) is 0 Å². The molecule has 1 aromatic carbocycles. The summed E-state index contributed by atoms with van der Waals surface area (Å²) in [5.74, 6) is -1.76. The minimum absolute atomic E-state index is 0.0666. The van der Waals surface area contributed by atoms with E-state index in [4.69, 9.17) is 10.8 Å². The summed E-state index contributed by atoms with van der Waals surface area (Å²) in [6.07, 6.45) is 0.451. The molecule has 3 N–H and O–H groups in total. The second-order valence-electron chi connectivity index (χ2n) is 4.73. The summed E-state index contributed by atoms with van der Waals surface area (Å²) in [4.78, 5) is 34.9. The highest BCUT2D eigenvalue weighted by Gasteiger charge is 2.15. The van der Waals surface area contributed by atoms with E-state index < -0.39 is 11.9 Å². The molecule has 6 heteroatoms. The Kier molecular flexibility index (Phi) is 6.94. The highest BCUT2D eigenvalue weighted by molar-refractivity contribution is 5.81. The lowest BCUT2D eigenvalue weighted by molar-refractivity contribution is -0.141. The van der Waals surface area contributed by atoms with Gasteiger partial charge in [-0.25, -0.2) is 0 Å². The van der Waals surface area contributed by atoms with Gasteiger partial charge in [0.05, 0.1) is 6.42 Å². The molecule has 114 valence electrons. The van der Waals surface area contributed by atoms with Crippen LogP contribution in [0, 0.1) is 0 Å². The fourth-order valence-electron chi connectivity index (χ4n) is 1.89. The van der Waals surface area contributed by atoms with Gasteiger partial charge in [0.2, 0.25) is 11.8 Å². The number of nitrogens with zero attached hydrogens (tertiary/aromatic N) is 1. The molecule has 0 aromatic heterocycles. The lowest BCUT2D eigenvalue weighted by Gasteiger charge is -2.22. The van der Waals surface area contributed by atoms with Gasteiger partial charge < -0.3 is 15.7 Å². The van der Waals surface area contributed by atoms with Gasteiger partial charge in [0.1, 0.15) is 0 Å². The molecule has 6 nitrogen and oxygen atoms in total. The topological polar surface area (TPSA) is 101 Å². The van der Waals surface area contributed by atoms with Crippen molar-refractivity contribution in [2.24, 2.45) is 5.73 Å². The normalized spacial score (nSPS) is 10.1. The highest BCUT2D eigenvalue weighted by atomic mass is 16.4. The van der Waals surface area contributed by atoms with Crippen LogP contribution in [0.5, 0.6) is 0 Å². The molecule has 0 spiro atoms. The van der Waals surface area contributed by atoms with Crippen LogP contribution in [0.3, 0.4) is 0 Å². The Balaban J connectivity index is 2.56. The third-order valence-corrected chi connectivity index (χ3v) is 3.05. The van der Waals surface area contributed by atoms with Crippen LogP contribution in [-0.2, 0) is 20.8 Å². The predicted molar refractivity (Wildman–Crippen MR) is 77.4 cm³/mol. The van der Waals surface area contributed by atoms with Gasteiger partial charge in [-0.3, -0.25) is 14.4 Å². The molecule has 0 radical (unpaired) electrons. The van der Waals surface area contributed by atoms with Crippen molar-refractivity contribution in [2.45, 2.75) is 25.7 Å². The van der Waals surface area contributed by atoms with Crippen LogP contribution in [-0.4, -0.2) is 40.9 Å². The Morgan fingerprint density at radius 2 is 1.67 bits per heavy atom. The van der Waals surface area contributed by atoms with Gasteiger partial charge in [0.25, 0.3) is 0 Å². The number of amides is 2. The van der Waals surface area contributed by atoms with Gasteiger partial charge in [-0.05, 0) is 12.0 Å². The van der Waals surface area contributed by atoms with Crippen molar-refractivity contribution in [2.75, 3.05) is 13.1 Å². The first kappa shape index (κ1) is 16.7. The number of carboxylic acid groups (broad SMARTS) is 1. The molecule has 0 fully saturated rings. The van der Waals surface area contributed by atoms with E-state index in [1.54, 1.807) is 0 Å². The minimum Gasteiger partial charge on any atom is -0.481 e. The number of hydrogen-bond donors (Lipinski definition) is 2. The van der Waals surface area contributed by atoms with Gasteiger partial charge in [-0.1, -0.05) is 30.3 Å². The Hall–Kier alpha value is -2.37. The van der Waals surface area contributed by atoms with Gasteiger partial charge in [0.15, 0.2) is 0 Å². The molecule has 0 saturated carbocycles. The van der Waals surface area contributed by atoms with Crippen LogP contribution >= 0.6 is 0 Å². The van der Waals surface area contributed by atoms with Gasteiger partial charge in [-0.2, -0.15) is 0 Å². The van der Waals surface area contributed by atoms with E-state index >= 15 is 0 Å². The number of carboxylic acids is 1. The molecule has 1 rings (SSSR count). The van der Waals surface area contributed by atoms with E-state index in [9.17, 15) is 14.4 Å². The molecule has 2 amide bonds. The van der Waals surface area contributed by atoms with Crippen molar-refractivity contribution in [3.63, 3.8) is 0 Å². The Morgan fingerprint density at radius 3 is 2.24 bits per heavy atom. The molecule has 0 atom stereocenters. The van der Waals surface area contributed by atoms with Crippen LogP contribution in [0.1, 0.15) is 24.8 Å². The Bertz CT molecular complexity index is 488. The molecular formula is C15H20N2O4. The van der Waals surface area contributed by atoms with Crippen molar-refractivity contribution in [1.82, 2.24) is 4.90 Å². The van der Waals surface area contributed by atoms with E-state index in [-0.39, 0.29) is 31.7 Å². The van der Waals surface area contributed by atoms with Crippen molar-refractivity contribution in [3.05, 3.63) is 35.9 Å². The molecule has 0 saturated heterocycles. The van der Waals surface area contributed by atoms with Crippen molar-refractivity contribution in [1.29, 1.82) is 0 Å². The Labute approximate surface area is 123 Å². The molecule has 0 heterocycles. The van der Waals surface area contributed by atoms with Crippen molar-refractivity contribution < 1.29 is 19.5 Å². The summed E-state index contributed by atoms with van der Waals surface area (Å²) in [7, 11) is 0. The zero-order valence-corrected chi connectivity index (χ0v) is 11.8. The summed E-state index contributed by atoms with van der Waals surface area (Å²) < 4.78 is 0. The summed E-state index contributed by atoms with van der Waals surface area (Å²) in [6, 6.07) is 9.64. The number of hydrogen-bond acceptors (Lipinski definition) is 3.